The van der Waals surface area contributed by atoms with Gasteiger partial charge in [0.15, 0.2) is 0 Å². The van der Waals surface area contributed by atoms with Crippen LogP contribution in [-0.4, -0.2) is 54.5 Å². The minimum absolute atomic E-state index is 0.179. The van der Waals surface area contributed by atoms with Gasteiger partial charge in [-0.3, -0.25) is 9.69 Å². The van der Waals surface area contributed by atoms with E-state index < -0.39 is 0 Å². The maximum Gasteiger partial charge on any atom is 0.218 e. The van der Waals surface area contributed by atoms with Crippen LogP contribution in [0.5, 0.6) is 0 Å². The summed E-state index contributed by atoms with van der Waals surface area (Å²) in [6.45, 7) is 5.66. The molecule has 0 radical (unpaired) electrons. The number of rotatable bonds is 4. The van der Waals surface area contributed by atoms with Gasteiger partial charge in [-0.15, -0.1) is 0 Å². The van der Waals surface area contributed by atoms with Crippen LogP contribution >= 0.6 is 0 Å². The van der Waals surface area contributed by atoms with Crippen LogP contribution in [0.3, 0.4) is 0 Å². The van der Waals surface area contributed by atoms with E-state index in [1.165, 1.54) is 38.8 Å². The Balaban J connectivity index is 1.72. The molecule has 2 aliphatic rings. The molecule has 0 spiro atoms. The lowest BCUT2D eigenvalue weighted by atomic mass is 10.1. The van der Waals surface area contributed by atoms with Crippen molar-refractivity contribution in [1.29, 1.82) is 0 Å². The molecule has 2 N–H and O–H groups in total. The van der Waals surface area contributed by atoms with Gasteiger partial charge in [0.1, 0.15) is 0 Å². The third-order valence-corrected chi connectivity index (χ3v) is 3.83. The number of hydrogen-bond acceptors (Lipinski definition) is 3. The maximum absolute atomic E-state index is 10.7. The SMILES string of the molecule is NC(=O)CCN1CCC(N2CCCCC2)C1. The van der Waals surface area contributed by atoms with E-state index in [9.17, 15) is 4.79 Å². The number of nitrogens with two attached hydrogens (primary N) is 1. The lowest BCUT2D eigenvalue weighted by molar-refractivity contribution is -0.118. The molecule has 1 amide bonds. The van der Waals surface area contributed by atoms with E-state index in [-0.39, 0.29) is 5.91 Å². The lowest BCUT2D eigenvalue weighted by Gasteiger charge is -2.32. The Bertz CT molecular complexity index is 238. The first-order chi connectivity index (χ1) is 7.75. The highest BCUT2D eigenvalue weighted by Gasteiger charge is 2.28. The highest BCUT2D eigenvalue weighted by Crippen LogP contribution is 2.20. The van der Waals surface area contributed by atoms with Gasteiger partial charge in [0.25, 0.3) is 0 Å². The Kier molecular flexibility index (Phi) is 4.18. The van der Waals surface area contributed by atoms with E-state index in [2.05, 4.69) is 9.80 Å². The fourth-order valence-electron chi connectivity index (χ4n) is 2.87. The first kappa shape index (κ1) is 11.9. The second-order valence-electron chi connectivity index (χ2n) is 5.06. The van der Waals surface area contributed by atoms with Crippen molar-refractivity contribution in [2.45, 2.75) is 38.1 Å². The molecule has 2 saturated heterocycles. The summed E-state index contributed by atoms with van der Waals surface area (Å²) < 4.78 is 0. The molecular formula is C12H23N3O. The van der Waals surface area contributed by atoms with E-state index in [0.29, 0.717) is 6.42 Å². The zero-order valence-corrected chi connectivity index (χ0v) is 10.0. The van der Waals surface area contributed by atoms with Crippen molar-refractivity contribution in [3.63, 3.8) is 0 Å². The number of piperidine rings is 1. The maximum atomic E-state index is 10.7. The highest BCUT2D eigenvalue weighted by molar-refractivity contribution is 5.73. The monoisotopic (exact) mass is 225 g/mol. The number of carbonyl (C=O) groups excluding carboxylic acids is 1. The predicted octanol–water partition coefficient (Wildman–Crippen LogP) is 0.422. The molecule has 4 heteroatoms. The summed E-state index contributed by atoms with van der Waals surface area (Å²) in [5, 5.41) is 0. The molecule has 0 saturated carbocycles. The molecule has 4 nitrogen and oxygen atoms in total. The summed E-state index contributed by atoms with van der Waals surface area (Å²) >= 11 is 0. The Morgan fingerprint density at radius 2 is 1.94 bits per heavy atom. The van der Waals surface area contributed by atoms with Gasteiger partial charge in [-0.05, 0) is 38.9 Å². The molecular weight excluding hydrogens is 202 g/mol. The number of amides is 1. The first-order valence-corrected chi connectivity index (χ1v) is 6.50. The van der Waals surface area contributed by atoms with Crippen LogP contribution in [0.1, 0.15) is 32.1 Å². The summed E-state index contributed by atoms with van der Waals surface area (Å²) in [5.74, 6) is -0.179. The fourth-order valence-corrected chi connectivity index (χ4v) is 2.87. The number of carbonyl (C=O) groups is 1. The Morgan fingerprint density at radius 3 is 2.62 bits per heavy atom. The number of nitrogens with zero attached hydrogens (tertiary/aromatic N) is 2. The predicted molar refractivity (Wildman–Crippen MR) is 64.1 cm³/mol. The zero-order valence-electron chi connectivity index (χ0n) is 10.0. The van der Waals surface area contributed by atoms with Crippen molar-refractivity contribution in [2.75, 3.05) is 32.7 Å². The van der Waals surface area contributed by atoms with Crippen LogP contribution in [0.4, 0.5) is 0 Å². The second-order valence-corrected chi connectivity index (χ2v) is 5.06. The van der Waals surface area contributed by atoms with Crippen molar-refractivity contribution >= 4 is 5.91 Å². The Labute approximate surface area is 97.8 Å². The first-order valence-electron chi connectivity index (χ1n) is 6.50. The smallest absolute Gasteiger partial charge is 0.218 e. The molecule has 2 rings (SSSR count). The highest BCUT2D eigenvalue weighted by atomic mass is 16.1. The topological polar surface area (TPSA) is 49.6 Å². The molecule has 0 bridgehead atoms. The molecule has 1 atom stereocenters. The van der Waals surface area contributed by atoms with Gasteiger partial charge in [-0.25, -0.2) is 0 Å². The lowest BCUT2D eigenvalue weighted by Crippen LogP contribution is -2.41. The van der Waals surface area contributed by atoms with E-state index >= 15 is 0 Å². The standard InChI is InChI=1S/C12H23N3O/c13-12(16)5-9-14-8-4-11(10-14)15-6-2-1-3-7-15/h11H,1-10H2,(H2,13,16). The van der Waals surface area contributed by atoms with Crippen molar-refractivity contribution in [3.05, 3.63) is 0 Å². The second kappa shape index (κ2) is 5.64. The summed E-state index contributed by atoms with van der Waals surface area (Å²) in [4.78, 5) is 15.7. The van der Waals surface area contributed by atoms with Crippen molar-refractivity contribution in [2.24, 2.45) is 5.73 Å². The van der Waals surface area contributed by atoms with Gasteiger partial charge < -0.3 is 10.6 Å². The van der Waals surface area contributed by atoms with Gasteiger partial charge >= 0.3 is 0 Å². The van der Waals surface area contributed by atoms with Crippen LogP contribution in [0.25, 0.3) is 0 Å². The van der Waals surface area contributed by atoms with Gasteiger partial charge in [-0.1, -0.05) is 6.42 Å². The van der Waals surface area contributed by atoms with Crippen molar-refractivity contribution < 1.29 is 4.79 Å². The van der Waals surface area contributed by atoms with Gasteiger partial charge in [0.2, 0.25) is 5.91 Å². The van der Waals surface area contributed by atoms with Crippen molar-refractivity contribution in [3.8, 4) is 0 Å². The minimum atomic E-state index is -0.179. The summed E-state index contributed by atoms with van der Waals surface area (Å²) in [6, 6.07) is 0.730. The molecule has 0 aromatic heterocycles. The summed E-state index contributed by atoms with van der Waals surface area (Å²) in [6.07, 6.45) is 5.88. The van der Waals surface area contributed by atoms with E-state index in [0.717, 1.165) is 25.7 Å². The molecule has 2 aliphatic heterocycles. The van der Waals surface area contributed by atoms with E-state index in [1.807, 2.05) is 0 Å². The molecule has 0 aromatic rings. The summed E-state index contributed by atoms with van der Waals surface area (Å²) in [5.41, 5.74) is 5.17. The van der Waals surface area contributed by atoms with Crippen LogP contribution in [-0.2, 0) is 4.79 Å². The number of hydrogen-bond donors (Lipinski definition) is 1. The Hall–Kier alpha value is -0.610. The molecule has 92 valence electrons. The minimum Gasteiger partial charge on any atom is -0.370 e. The molecule has 0 aromatic carbocycles. The quantitative estimate of drug-likeness (QED) is 0.754. The normalized spacial score (nSPS) is 28.4. The molecule has 2 heterocycles. The van der Waals surface area contributed by atoms with Gasteiger partial charge in [-0.2, -0.15) is 0 Å². The third-order valence-electron chi connectivity index (χ3n) is 3.83. The number of likely N-dealkylation sites (tertiary alicyclic amines) is 2. The zero-order chi connectivity index (χ0) is 11.4. The van der Waals surface area contributed by atoms with Crippen LogP contribution < -0.4 is 5.73 Å². The van der Waals surface area contributed by atoms with Gasteiger partial charge in [0.05, 0.1) is 0 Å². The van der Waals surface area contributed by atoms with E-state index in [1.54, 1.807) is 0 Å². The van der Waals surface area contributed by atoms with Crippen LogP contribution in [0, 0.1) is 0 Å². The largest absolute Gasteiger partial charge is 0.370 e. The fraction of sp³-hybridized carbons (Fsp3) is 0.917. The average molecular weight is 225 g/mol. The number of primary amides is 1. The van der Waals surface area contributed by atoms with Gasteiger partial charge in [0, 0.05) is 25.6 Å². The van der Waals surface area contributed by atoms with Crippen molar-refractivity contribution in [1.82, 2.24) is 9.80 Å². The average Bonchev–Trinajstić information content (AvgIpc) is 2.76. The molecule has 16 heavy (non-hydrogen) atoms. The molecule has 2 fully saturated rings. The molecule has 1 unspecified atom stereocenters. The van der Waals surface area contributed by atoms with E-state index in [4.69, 9.17) is 5.73 Å². The summed E-state index contributed by atoms with van der Waals surface area (Å²) in [7, 11) is 0. The van der Waals surface area contributed by atoms with Crippen LogP contribution in [0.2, 0.25) is 0 Å². The molecule has 0 aliphatic carbocycles. The Morgan fingerprint density at radius 1 is 1.19 bits per heavy atom. The van der Waals surface area contributed by atoms with Crippen LogP contribution in [0.15, 0.2) is 0 Å². The third kappa shape index (κ3) is 3.19.